The molecule has 0 aliphatic carbocycles. The predicted molar refractivity (Wildman–Crippen MR) is 86.0 cm³/mol. The molecule has 3 rings (SSSR count). The number of fused-ring (bicyclic) bond motifs is 1. The molecule has 0 bridgehead atoms. The molecule has 6 heteroatoms. The monoisotopic (exact) mass is 326 g/mol. The highest BCUT2D eigenvalue weighted by Gasteiger charge is 2.39. The highest BCUT2D eigenvalue weighted by molar-refractivity contribution is 6.05. The lowest BCUT2D eigenvalue weighted by Crippen LogP contribution is -2.52. The van der Waals surface area contributed by atoms with Crippen molar-refractivity contribution in [2.24, 2.45) is 0 Å². The van der Waals surface area contributed by atoms with Crippen LogP contribution in [0.5, 0.6) is 5.75 Å². The summed E-state index contributed by atoms with van der Waals surface area (Å²) in [5.41, 5.74) is 1.41. The molecule has 0 saturated carbocycles. The van der Waals surface area contributed by atoms with Crippen LogP contribution in [0.3, 0.4) is 0 Å². The van der Waals surface area contributed by atoms with Crippen LogP contribution in [-0.4, -0.2) is 35.3 Å². The summed E-state index contributed by atoms with van der Waals surface area (Å²) in [5.74, 6) is 2.37. The topological polar surface area (TPSA) is 75.7 Å². The molecule has 0 radical (unpaired) electrons. The van der Waals surface area contributed by atoms with Crippen molar-refractivity contribution in [3.63, 3.8) is 0 Å². The first-order chi connectivity index (χ1) is 11.6. The number of carbonyl (C=O) groups is 3. The number of benzene rings is 1. The Morgan fingerprint density at radius 1 is 1.33 bits per heavy atom. The maximum absolute atomic E-state index is 12.5. The normalized spacial score (nSPS) is 19.7. The summed E-state index contributed by atoms with van der Waals surface area (Å²) in [5, 5.41) is 2.29. The van der Waals surface area contributed by atoms with Crippen LogP contribution in [0, 0.1) is 12.3 Å². The summed E-state index contributed by atoms with van der Waals surface area (Å²) < 4.78 is 5.64. The van der Waals surface area contributed by atoms with Gasteiger partial charge in [0.2, 0.25) is 11.8 Å². The van der Waals surface area contributed by atoms with E-state index in [4.69, 9.17) is 11.2 Å². The number of hydrogen-bond acceptors (Lipinski definition) is 4. The van der Waals surface area contributed by atoms with E-state index in [9.17, 15) is 14.4 Å². The minimum absolute atomic E-state index is 0.182. The van der Waals surface area contributed by atoms with Gasteiger partial charge in [0.05, 0.1) is 6.61 Å². The number of amides is 3. The van der Waals surface area contributed by atoms with E-state index in [0.29, 0.717) is 37.3 Å². The van der Waals surface area contributed by atoms with Gasteiger partial charge in [0.15, 0.2) is 0 Å². The van der Waals surface area contributed by atoms with E-state index in [0.717, 1.165) is 12.0 Å². The Morgan fingerprint density at radius 2 is 2.17 bits per heavy atom. The maximum Gasteiger partial charge on any atom is 0.255 e. The molecule has 1 aromatic carbocycles. The summed E-state index contributed by atoms with van der Waals surface area (Å²) in [7, 11) is 0. The van der Waals surface area contributed by atoms with Gasteiger partial charge in [-0.05, 0) is 36.6 Å². The van der Waals surface area contributed by atoms with Crippen molar-refractivity contribution in [1.82, 2.24) is 10.2 Å². The summed E-state index contributed by atoms with van der Waals surface area (Å²) in [4.78, 5) is 37.3. The fraction of sp³-hybridized carbons (Fsp3) is 0.389. The first kappa shape index (κ1) is 16.1. The van der Waals surface area contributed by atoms with E-state index < -0.39 is 11.9 Å². The van der Waals surface area contributed by atoms with E-state index in [2.05, 4.69) is 11.2 Å². The van der Waals surface area contributed by atoms with Crippen molar-refractivity contribution in [3.05, 3.63) is 29.3 Å². The average Bonchev–Trinajstić information content (AvgIpc) is 2.88. The van der Waals surface area contributed by atoms with E-state index >= 15 is 0 Å². The minimum Gasteiger partial charge on any atom is -0.494 e. The molecule has 2 heterocycles. The molecular weight excluding hydrogens is 308 g/mol. The van der Waals surface area contributed by atoms with Gasteiger partial charge in [0, 0.05) is 24.9 Å². The van der Waals surface area contributed by atoms with Gasteiger partial charge >= 0.3 is 0 Å². The second-order valence-electron chi connectivity index (χ2n) is 5.88. The highest BCUT2D eigenvalue weighted by Crippen LogP contribution is 2.30. The molecule has 0 aromatic heterocycles. The van der Waals surface area contributed by atoms with Crippen LogP contribution in [0.25, 0.3) is 0 Å². The summed E-state index contributed by atoms with van der Waals surface area (Å²) in [6.45, 7) is 0.871. The molecule has 2 aliphatic heterocycles. The number of rotatable bonds is 5. The number of carbonyl (C=O) groups excluding carboxylic acids is 3. The number of imide groups is 1. The van der Waals surface area contributed by atoms with Crippen molar-refractivity contribution in [3.8, 4) is 18.1 Å². The number of nitrogens with one attached hydrogen (secondary N) is 1. The molecular formula is C18H18N2O4. The predicted octanol–water partition coefficient (Wildman–Crippen LogP) is 1.24. The molecule has 2 aliphatic rings. The van der Waals surface area contributed by atoms with Gasteiger partial charge in [0.25, 0.3) is 5.91 Å². The number of hydrogen-bond donors (Lipinski definition) is 1. The molecule has 1 unspecified atom stereocenters. The van der Waals surface area contributed by atoms with Crippen molar-refractivity contribution >= 4 is 17.7 Å². The first-order valence-electron chi connectivity index (χ1n) is 7.94. The molecule has 1 aromatic rings. The van der Waals surface area contributed by atoms with Crippen LogP contribution in [0.15, 0.2) is 18.2 Å². The van der Waals surface area contributed by atoms with Gasteiger partial charge < -0.3 is 9.64 Å². The zero-order chi connectivity index (χ0) is 17.1. The Balaban J connectivity index is 1.69. The third-order valence-electron chi connectivity index (χ3n) is 4.23. The van der Waals surface area contributed by atoms with Crippen molar-refractivity contribution in [1.29, 1.82) is 0 Å². The number of piperidine rings is 1. The lowest BCUT2D eigenvalue weighted by atomic mass is 10.0. The Morgan fingerprint density at radius 3 is 2.92 bits per heavy atom. The summed E-state index contributed by atoms with van der Waals surface area (Å²) >= 11 is 0. The summed E-state index contributed by atoms with van der Waals surface area (Å²) in [6.07, 6.45) is 7.24. The molecule has 0 spiro atoms. The molecule has 6 nitrogen and oxygen atoms in total. The van der Waals surface area contributed by atoms with E-state index in [1.54, 1.807) is 12.1 Å². The van der Waals surface area contributed by atoms with Crippen LogP contribution in [-0.2, 0) is 16.1 Å². The van der Waals surface area contributed by atoms with Gasteiger partial charge in [-0.3, -0.25) is 19.7 Å². The number of nitrogens with zero attached hydrogens (tertiary/aromatic N) is 1. The lowest BCUT2D eigenvalue weighted by molar-refractivity contribution is -0.136. The Bertz CT molecular complexity index is 735. The van der Waals surface area contributed by atoms with Gasteiger partial charge in [-0.25, -0.2) is 0 Å². The third kappa shape index (κ3) is 3.11. The zero-order valence-electron chi connectivity index (χ0n) is 13.2. The fourth-order valence-corrected chi connectivity index (χ4v) is 3.00. The number of terminal acetylenes is 1. The van der Waals surface area contributed by atoms with Crippen LogP contribution in [0.2, 0.25) is 0 Å². The number of unbranched alkanes of at least 4 members (excludes halogenated alkanes) is 1. The number of ether oxygens (including phenoxy) is 1. The maximum atomic E-state index is 12.5. The second kappa shape index (κ2) is 6.75. The molecule has 24 heavy (non-hydrogen) atoms. The Labute approximate surface area is 140 Å². The van der Waals surface area contributed by atoms with Crippen LogP contribution in [0.1, 0.15) is 41.6 Å². The average molecular weight is 326 g/mol. The third-order valence-corrected chi connectivity index (χ3v) is 4.23. The van der Waals surface area contributed by atoms with Gasteiger partial charge in [-0.2, -0.15) is 0 Å². The van der Waals surface area contributed by atoms with Gasteiger partial charge in [0.1, 0.15) is 11.8 Å². The quantitative estimate of drug-likeness (QED) is 0.502. The molecule has 1 saturated heterocycles. The highest BCUT2D eigenvalue weighted by atomic mass is 16.5. The molecule has 1 atom stereocenters. The zero-order valence-corrected chi connectivity index (χ0v) is 13.2. The standard InChI is InChI=1S/C18H18N2O4/c1-2-3-4-9-24-13-5-6-14-12(10-13)11-20(18(14)23)15-7-8-16(21)19-17(15)22/h1,5-6,10,15H,3-4,7-9,11H2,(H,19,21,22). The minimum atomic E-state index is -0.595. The Kier molecular flexibility index (Phi) is 4.52. The first-order valence-corrected chi connectivity index (χ1v) is 7.94. The van der Waals surface area contributed by atoms with Crippen molar-refractivity contribution in [2.75, 3.05) is 6.61 Å². The lowest BCUT2D eigenvalue weighted by Gasteiger charge is -2.29. The van der Waals surface area contributed by atoms with Crippen LogP contribution < -0.4 is 10.1 Å². The van der Waals surface area contributed by atoms with Gasteiger partial charge in [-0.15, -0.1) is 12.3 Å². The van der Waals surface area contributed by atoms with Gasteiger partial charge in [-0.1, -0.05) is 0 Å². The molecule has 3 amide bonds. The van der Waals surface area contributed by atoms with Crippen molar-refractivity contribution < 1.29 is 19.1 Å². The molecule has 124 valence electrons. The summed E-state index contributed by atoms with van der Waals surface area (Å²) in [6, 6.07) is 4.71. The smallest absolute Gasteiger partial charge is 0.255 e. The second-order valence-corrected chi connectivity index (χ2v) is 5.88. The Hall–Kier alpha value is -2.81. The largest absolute Gasteiger partial charge is 0.494 e. The SMILES string of the molecule is C#CCCCOc1ccc2c(c1)CN(C1CCC(=O)NC1=O)C2=O. The van der Waals surface area contributed by atoms with E-state index in [-0.39, 0.29) is 18.2 Å². The van der Waals surface area contributed by atoms with E-state index in [1.165, 1.54) is 4.90 Å². The molecule has 1 N–H and O–H groups in total. The fourth-order valence-electron chi connectivity index (χ4n) is 3.00. The molecule has 1 fully saturated rings. The van der Waals surface area contributed by atoms with E-state index in [1.807, 2.05) is 6.07 Å². The van der Waals surface area contributed by atoms with Crippen molar-refractivity contribution in [2.45, 2.75) is 38.3 Å². The van der Waals surface area contributed by atoms with Crippen LogP contribution in [0.4, 0.5) is 0 Å². The van der Waals surface area contributed by atoms with Crippen LogP contribution >= 0.6 is 0 Å².